The van der Waals surface area contributed by atoms with Gasteiger partial charge in [-0.15, -0.1) is 0 Å². The average Bonchev–Trinajstić information content (AvgIpc) is 2.23. The first-order chi connectivity index (χ1) is 7.85. The standard InChI is InChI=1S/C12H24N2O3/c1-5-7-8-9(10(15)16)14-11(17)12(3,4)13-6-2/h9,13H,5-8H2,1-4H3,(H,14,17)(H,15,16). The number of likely N-dealkylation sites (N-methyl/N-ethyl adjacent to an activating group) is 1. The molecule has 0 heterocycles. The van der Waals surface area contributed by atoms with Crippen LogP contribution in [0.1, 0.15) is 47.0 Å². The third-order valence-electron chi connectivity index (χ3n) is 2.64. The molecule has 0 aromatic rings. The molecule has 0 spiro atoms. The lowest BCUT2D eigenvalue weighted by Gasteiger charge is -2.26. The molecule has 0 saturated carbocycles. The summed E-state index contributed by atoms with van der Waals surface area (Å²) in [6.07, 6.45) is 2.18. The fourth-order valence-electron chi connectivity index (χ4n) is 1.53. The highest BCUT2D eigenvalue weighted by Gasteiger charge is 2.30. The van der Waals surface area contributed by atoms with Crippen molar-refractivity contribution in [1.29, 1.82) is 0 Å². The Hall–Kier alpha value is -1.10. The zero-order valence-electron chi connectivity index (χ0n) is 11.2. The topological polar surface area (TPSA) is 78.4 Å². The molecule has 17 heavy (non-hydrogen) atoms. The van der Waals surface area contributed by atoms with Gasteiger partial charge in [-0.2, -0.15) is 0 Å². The maximum atomic E-state index is 11.9. The molecule has 0 aliphatic carbocycles. The average molecular weight is 244 g/mol. The lowest BCUT2D eigenvalue weighted by atomic mass is 10.0. The number of amides is 1. The summed E-state index contributed by atoms with van der Waals surface area (Å²) in [5.74, 6) is -1.25. The zero-order chi connectivity index (χ0) is 13.5. The number of nitrogens with one attached hydrogen (secondary N) is 2. The van der Waals surface area contributed by atoms with Crippen LogP contribution < -0.4 is 10.6 Å². The lowest BCUT2D eigenvalue weighted by molar-refractivity contribution is -0.143. The normalized spacial score (nSPS) is 13.2. The van der Waals surface area contributed by atoms with Crippen LogP contribution in [-0.2, 0) is 9.59 Å². The summed E-state index contributed by atoms with van der Waals surface area (Å²) in [5, 5.41) is 14.6. The van der Waals surface area contributed by atoms with Gasteiger partial charge in [0.15, 0.2) is 0 Å². The molecule has 0 fully saturated rings. The van der Waals surface area contributed by atoms with Crippen molar-refractivity contribution in [2.24, 2.45) is 0 Å². The maximum Gasteiger partial charge on any atom is 0.326 e. The van der Waals surface area contributed by atoms with Crippen LogP contribution in [0.2, 0.25) is 0 Å². The molecule has 0 saturated heterocycles. The SMILES string of the molecule is CCCCC(NC(=O)C(C)(C)NCC)C(=O)O. The minimum Gasteiger partial charge on any atom is -0.480 e. The number of unbranched alkanes of at least 4 members (excludes halogenated alkanes) is 1. The monoisotopic (exact) mass is 244 g/mol. The van der Waals surface area contributed by atoms with E-state index in [1.807, 2.05) is 13.8 Å². The molecular formula is C12H24N2O3. The zero-order valence-corrected chi connectivity index (χ0v) is 11.2. The maximum absolute atomic E-state index is 11.9. The first kappa shape index (κ1) is 15.9. The van der Waals surface area contributed by atoms with Gasteiger partial charge in [0.1, 0.15) is 6.04 Å². The van der Waals surface area contributed by atoms with Crippen LogP contribution in [-0.4, -0.2) is 35.1 Å². The molecule has 100 valence electrons. The predicted molar refractivity (Wildman–Crippen MR) is 66.8 cm³/mol. The molecule has 0 radical (unpaired) electrons. The van der Waals surface area contributed by atoms with Gasteiger partial charge in [0.05, 0.1) is 5.54 Å². The minimum atomic E-state index is -0.973. The first-order valence-corrected chi connectivity index (χ1v) is 6.14. The van der Waals surface area contributed by atoms with E-state index in [0.717, 1.165) is 12.8 Å². The third kappa shape index (κ3) is 5.68. The third-order valence-corrected chi connectivity index (χ3v) is 2.64. The van der Waals surface area contributed by atoms with Crippen LogP contribution in [0.4, 0.5) is 0 Å². The lowest BCUT2D eigenvalue weighted by Crippen LogP contribution is -2.56. The second kappa shape index (κ2) is 7.27. The molecule has 0 aromatic heterocycles. The van der Waals surface area contributed by atoms with Crippen molar-refractivity contribution in [2.45, 2.75) is 58.5 Å². The number of carbonyl (C=O) groups is 2. The minimum absolute atomic E-state index is 0.275. The molecule has 0 aliphatic heterocycles. The van der Waals surface area contributed by atoms with Crippen LogP contribution in [0.25, 0.3) is 0 Å². The van der Waals surface area contributed by atoms with E-state index in [1.54, 1.807) is 13.8 Å². The van der Waals surface area contributed by atoms with E-state index in [2.05, 4.69) is 10.6 Å². The van der Waals surface area contributed by atoms with E-state index in [-0.39, 0.29) is 5.91 Å². The molecule has 1 amide bonds. The van der Waals surface area contributed by atoms with E-state index in [9.17, 15) is 9.59 Å². The van der Waals surface area contributed by atoms with Gasteiger partial charge in [0, 0.05) is 0 Å². The van der Waals surface area contributed by atoms with Crippen LogP contribution in [0, 0.1) is 0 Å². The van der Waals surface area contributed by atoms with E-state index in [4.69, 9.17) is 5.11 Å². The largest absolute Gasteiger partial charge is 0.480 e. The molecule has 0 rings (SSSR count). The number of hydrogen-bond donors (Lipinski definition) is 3. The van der Waals surface area contributed by atoms with Crippen molar-refractivity contribution >= 4 is 11.9 Å². The number of hydrogen-bond acceptors (Lipinski definition) is 3. The predicted octanol–water partition coefficient (Wildman–Crippen LogP) is 1.13. The van der Waals surface area contributed by atoms with E-state index >= 15 is 0 Å². The van der Waals surface area contributed by atoms with Gasteiger partial charge in [-0.25, -0.2) is 4.79 Å². The Balaban J connectivity index is 4.44. The van der Waals surface area contributed by atoms with Crippen molar-refractivity contribution in [1.82, 2.24) is 10.6 Å². The fourth-order valence-corrected chi connectivity index (χ4v) is 1.53. The molecule has 1 unspecified atom stereocenters. The van der Waals surface area contributed by atoms with Crippen LogP contribution >= 0.6 is 0 Å². The Bertz CT molecular complexity index is 264. The van der Waals surface area contributed by atoms with Crippen LogP contribution in [0.5, 0.6) is 0 Å². The first-order valence-electron chi connectivity index (χ1n) is 6.14. The number of carboxylic acid groups (broad SMARTS) is 1. The molecule has 1 atom stereocenters. The van der Waals surface area contributed by atoms with Gasteiger partial charge < -0.3 is 15.7 Å². The number of aliphatic carboxylic acids is 1. The van der Waals surface area contributed by atoms with Crippen LogP contribution in [0.3, 0.4) is 0 Å². The second-order valence-electron chi connectivity index (χ2n) is 4.66. The number of rotatable bonds is 8. The van der Waals surface area contributed by atoms with Crippen molar-refractivity contribution in [3.8, 4) is 0 Å². The molecule has 0 aliphatic rings. The molecule has 3 N–H and O–H groups in total. The summed E-state index contributed by atoms with van der Waals surface area (Å²) in [5.41, 5.74) is -0.741. The van der Waals surface area contributed by atoms with Crippen LogP contribution in [0.15, 0.2) is 0 Å². The van der Waals surface area contributed by atoms with E-state index in [1.165, 1.54) is 0 Å². The molecule has 0 aromatic carbocycles. The number of carbonyl (C=O) groups excluding carboxylic acids is 1. The van der Waals surface area contributed by atoms with E-state index < -0.39 is 17.6 Å². The second-order valence-corrected chi connectivity index (χ2v) is 4.66. The Kier molecular flexibility index (Phi) is 6.80. The molecule has 5 heteroatoms. The summed E-state index contributed by atoms with van der Waals surface area (Å²) >= 11 is 0. The fraction of sp³-hybridized carbons (Fsp3) is 0.833. The summed E-state index contributed by atoms with van der Waals surface area (Å²) in [4.78, 5) is 22.9. The van der Waals surface area contributed by atoms with Gasteiger partial charge in [0.2, 0.25) is 5.91 Å². The summed E-state index contributed by atoms with van der Waals surface area (Å²) in [7, 11) is 0. The number of carboxylic acids is 1. The van der Waals surface area contributed by atoms with Gasteiger partial charge in [-0.05, 0) is 26.8 Å². The summed E-state index contributed by atoms with van der Waals surface area (Å²) in [6.45, 7) is 8.03. The molecule has 0 bridgehead atoms. The van der Waals surface area contributed by atoms with Crippen molar-refractivity contribution in [3.63, 3.8) is 0 Å². The smallest absolute Gasteiger partial charge is 0.326 e. The van der Waals surface area contributed by atoms with Gasteiger partial charge >= 0.3 is 5.97 Å². The van der Waals surface area contributed by atoms with Crippen molar-refractivity contribution < 1.29 is 14.7 Å². The Morgan fingerprint density at radius 1 is 1.29 bits per heavy atom. The molecular weight excluding hydrogens is 220 g/mol. The van der Waals surface area contributed by atoms with Gasteiger partial charge in [0.25, 0.3) is 0 Å². The van der Waals surface area contributed by atoms with E-state index in [0.29, 0.717) is 13.0 Å². The Morgan fingerprint density at radius 3 is 2.29 bits per heavy atom. The quantitative estimate of drug-likeness (QED) is 0.598. The Morgan fingerprint density at radius 2 is 1.88 bits per heavy atom. The van der Waals surface area contributed by atoms with Gasteiger partial charge in [-0.3, -0.25) is 4.79 Å². The Labute approximate surface area is 103 Å². The van der Waals surface area contributed by atoms with Crippen molar-refractivity contribution in [3.05, 3.63) is 0 Å². The molecule has 5 nitrogen and oxygen atoms in total. The highest BCUT2D eigenvalue weighted by molar-refractivity contribution is 5.89. The highest BCUT2D eigenvalue weighted by Crippen LogP contribution is 2.06. The summed E-state index contributed by atoms with van der Waals surface area (Å²) < 4.78 is 0. The summed E-state index contributed by atoms with van der Waals surface area (Å²) in [6, 6.07) is -0.791. The van der Waals surface area contributed by atoms with Crippen molar-refractivity contribution in [2.75, 3.05) is 6.54 Å². The highest BCUT2D eigenvalue weighted by atomic mass is 16.4. The van der Waals surface area contributed by atoms with Gasteiger partial charge in [-0.1, -0.05) is 26.7 Å².